The van der Waals surface area contributed by atoms with E-state index in [1.807, 2.05) is 12.1 Å². The van der Waals surface area contributed by atoms with E-state index in [9.17, 15) is 0 Å². The fourth-order valence-corrected chi connectivity index (χ4v) is 2.55. The van der Waals surface area contributed by atoms with Crippen LogP contribution in [0.3, 0.4) is 0 Å². The summed E-state index contributed by atoms with van der Waals surface area (Å²) in [5.74, 6) is 3.91. The van der Waals surface area contributed by atoms with E-state index in [1.54, 1.807) is 14.2 Å². The lowest BCUT2D eigenvalue weighted by Crippen LogP contribution is -2.22. The number of halogens is 1. The summed E-state index contributed by atoms with van der Waals surface area (Å²) < 4.78 is 10.6. The predicted octanol–water partition coefficient (Wildman–Crippen LogP) is 4.20. The third-order valence-corrected chi connectivity index (χ3v) is 3.59. The lowest BCUT2D eigenvalue weighted by molar-refractivity contribution is 0.353. The molecule has 0 aliphatic rings. The molecule has 0 aliphatic heterocycles. The van der Waals surface area contributed by atoms with Crippen molar-refractivity contribution in [1.29, 1.82) is 0 Å². The average molecular weight is 310 g/mol. The Balaban J connectivity index is 3.00. The van der Waals surface area contributed by atoms with Crippen molar-refractivity contribution in [2.75, 3.05) is 20.8 Å². The van der Waals surface area contributed by atoms with Crippen molar-refractivity contribution in [1.82, 2.24) is 5.32 Å². The van der Waals surface area contributed by atoms with Gasteiger partial charge in [0.15, 0.2) is 11.5 Å². The Morgan fingerprint density at radius 2 is 2.10 bits per heavy atom. The molecule has 1 aromatic carbocycles. The van der Waals surface area contributed by atoms with Crippen molar-refractivity contribution in [3.8, 4) is 23.8 Å². The minimum atomic E-state index is 0.218. The van der Waals surface area contributed by atoms with Gasteiger partial charge in [0, 0.05) is 12.5 Å². The molecule has 0 aromatic heterocycles. The maximum absolute atomic E-state index is 6.29. The highest BCUT2D eigenvalue weighted by Crippen LogP contribution is 2.38. The van der Waals surface area contributed by atoms with E-state index < -0.39 is 0 Å². The van der Waals surface area contributed by atoms with Crippen molar-refractivity contribution in [3.05, 3.63) is 22.7 Å². The second kappa shape index (κ2) is 9.55. The molecule has 1 aromatic rings. The van der Waals surface area contributed by atoms with Crippen LogP contribution in [0.15, 0.2) is 12.1 Å². The van der Waals surface area contributed by atoms with Crippen molar-refractivity contribution >= 4 is 11.6 Å². The highest BCUT2D eigenvalue weighted by molar-refractivity contribution is 6.32. The van der Waals surface area contributed by atoms with Gasteiger partial charge >= 0.3 is 0 Å². The molecule has 21 heavy (non-hydrogen) atoms. The molecule has 0 saturated heterocycles. The van der Waals surface area contributed by atoms with Crippen LogP contribution in [0.4, 0.5) is 0 Å². The van der Waals surface area contributed by atoms with Crippen LogP contribution in [-0.4, -0.2) is 20.8 Å². The first-order chi connectivity index (χ1) is 10.2. The van der Waals surface area contributed by atoms with E-state index in [2.05, 4.69) is 18.2 Å². The molecule has 4 heteroatoms. The average Bonchev–Trinajstić information content (AvgIpc) is 2.49. The van der Waals surface area contributed by atoms with Crippen molar-refractivity contribution in [2.45, 2.75) is 38.6 Å². The normalized spacial score (nSPS) is 11.8. The summed E-state index contributed by atoms with van der Waals surface area (Å²) >= 11 is 6.29. The molecule has 1 rings (SSSR count). The molecule has 0 fully saturated rings. The Hall–Kier alpha value is -1.37. The Bertz CT molecular complexity index is 482. The monoisotopic (exact) mass is 309 g/mol. The Morgan fingerprint density at radius 1 is 1.33 bits per heavy atom. The predicted molar refractivity (Wildman–Crippen MR) is 88.3 cm³/mol. The standard InChI is InChI=1S/C17H24ClNO2/c1-5-7-8-9-15(19-10-6-2)13-11-14(18)17(21-4)16(12-13)20-3/h1,11-12,15,19H,6-10H2,2-4H3. The quantitative estimate of drug-likeness (QED) is 0.548. The summed E-state index contributed by atoms with van der Waals surface area (Å²) in [6.07, 6.45) is 9.14. The number of benzene rings is 1. The summed E-state index contributed by atoms with van der Waals surface area (Å²) in [7, 11) is 3.20. The van der Waals surface area contributed by atoms with Crippen LogP contribution in [0.2, 0.25) is 5.02 Å². The smallest absolute Gasteiger partial charge is 0.179 e. The van der Waals surface area contributed by atoms with E-state index in [0.29, 0.717) is 16.5 Å². The van der Waals surface area contributed by atoms with Crippen LogP contribution >= 0.6 is 11.6 Å². The number of hydrogen-bond acceptors (Lipinski definition) is 3. The molecule has 0 aliphatic carbocycles. The zero-order valence-corrected chi connectivity index (χ0v) is 13.8. The fraction of sp³-hybridized carbons (Fsp3) is 0.529. The zero-order valence-electron chi connectivity index (χ0n) is 13.0. The first-order valence-electron chi connectivity index (χ1n) is 7.26. The number of unbranched alkanes of at least 4 members (excludes halogenated alkanes) is 1. The van der Waals surface area contributed by atoms with Crippen molar-refractivity contribution < 1.29 is 9.47 Å². The van der Waals surface area contributed by atoms with Gasteiger partial charge in [-0.25, -0.2) is 0 Å². The molecule has 0 amide bonds. The molecule has 0 saturated carbocycles. The summed E-state index contributed by atoms with van der Waals surface area (Å²) in [5, 5.41) is 4.10. The number of methoxy groups -OCH3 is 2. The van der Waals surface area contributed by atoms with Crippen LogP contribution in [0.25, 0.3) is 0 Å². The van der Waals surface area contributed by atoms with E-state index in [0.717, 1.165) is 37.8 Å². The van der Waals surface area contributed by atoms with Crippen LogP contribution in [-0.2, 0) is 0 Å². The van der Waals surface area contributed by atoms with Crippen LogP contribution in [0, 0.1) is 12.3 Å². The molecule has 1 atom stereocenters. The third kappa shape index (κ3) is 5.15. The number of ether oxygens (including phenoxy) is 2. The Morgan fingerprint density at radius 3 is 2.67 bits per heavy atom. The number of rotatable bonds is 9. The zero-order chi connectivity index (χ0) is 15.7. The van der Waals surface area contributed by atoms with Crippen LogP contribution in [0.1, 0.15) is 44.2 Å². The minimum absolute atomic E-state index is 0.218. The Labute approximate surface area is 133 Å². The summed E-state index contributed by atoms with van der Waals surface area (Å²) in [6, 6.07) is 4.13. The summed E-state index contributed by atoms with van der Waals surface area (Å²) in [6.45, 7) is 3.10. The largest absolute Gasteiger partial charge is 0.493 e. The number of terminal acetylenes is 1. The third-order valence-electron chi connectivity index (χ3n) is 3.31. The van der Waals surface area contributed by atoms with Gasteiger partial charge in [0.05, 0.1) is 19.2 Å². The summed E-state index contributed by atoms with van der Waals surface area (Å²) in [4.78, 5) is 0. The molecule has 116 valence electrons. The van der Waals surface area contributed by atoms with E-state index in [1.165, 1.54) is 0 Å². The highest BCUT2D eigenvalue weighted by Gasteiger charge is 2.16. The second-order valence-corrected chi connectivity index (χ2v) is 5.25. The van der Waals surface area contributed by atoms with Gasteiger partial charge in [-0.3, -0.25) is 0 Å². The molecule has 3 nitrogen and oxygen atoms in total. The molecule has 0 bridgehead atoms. The summed E-state index contributed by atoms with van der Waals surface area (Å²) in [5.41, 5.74) is 1.10. The topological polar surface area (TPSA) is 30.5 Å². The molecular formula is C17H24ClNO2. The van der Waals surface area contributed by atoms with Gasteiger partial charge in [-0.05, 0) is 43.5 Å². The first-order valence-corrected chi connectivity index (χ1v) is 7.63. The fourth-order valence-electron chi connectivity index (χ4n) is 2.25. The second-order valence-electron chi connectivity index (χ2n) is 4.84. The number of nitrogens with one attached hydrogen (secondary N) is 1. The van der Waals surface area contributed by atoms with Crippen LogP contribution in [0.5, 0.6) is 11.5 Å². The molecule has 1 N–H and O–H groups in total. The molecule has 1 unspecified atom stereocenters. The number of hydrogen-bond donors (Lipinski definition) is 1. The maximum Gasteiger partial charge on any atom is 0.179 e. The lowest BCUT2D eigenvalue weighted by atomic mass is 10.00. The first kappa shape index (κ1) is 17.7. The van der Waals surface area contributed by atoms with E-state index >= 15 is 0 Å². The van der Waals surface area contributed by atoms with Gasteiger partial charge in [-0.15, -0.1) is 12.3 Å². The lowest BCUT2D eigenvalue weighted by Gasteiger charge is -2.21. The molecule has 0 heterocycles. The Kier molecular flexibility index (Phi) is 8.04. The minimum Gasteiger partial charge on any atom is -0.493 e. The van der Waals surface area contributed by atoms with Gasteiger partial charge in [-0.1, -0.05) is 18.5 Å². The van der Waals surface area contributed by atoms with Crippen molar-refractivity contribution in [3.63, 3.8) is 0 Å². The van der Waals surface area contributed by atoms with E-state index in [-0.39, 0.29) is 6.04 Å². The van der Waals surface area contributed by atoms with Gasteiger partial charge in [-0.2, -0.15) is 0 Å². The highest BCUT2D eigenvalue weighted by atomic mass is 35.5. The van der Waals surface area contributed by atoms with Gasteiger partial charge < -0.3 is 14.8 Å². The van der Waals surface area contributed by atoms with Gasteiger partial charge in [0.25, 0.3) is 0 Å². The van der Waals surface area contributed by atoms with Gasteiger partial charge in [0.1, 0.15) is 0 Å². The molecule has 0 spiro atoms. The van der Waals surface area contributed by atoms with Crippen LogP contribution < -0.4 is 14.8 Å². The molecular weight excluding hydrogens is 286 g/mol. The molecule has 0 radical (unpaired) electrons. The van der Waals surface area contributed by atoms with E-state index in [4.69, 9.17) is 27.5 Å². The van der Waals surface area contributed by atoms with Gasteiger partial charge in [0.2, 0.25) is 0 Å². The van der Waals surface area contributed by atoms with Crippen molar-refractivity contribution in [2.24, 2.45) is 0 Å². The maximum atomic E-state index is 6.29. The SMILES string of the molecule is C#CCCCC(NCCC)c1cc(Cl)c(OC)c(OC)c1.